The first-order valence-electron chi connectivity index (χ1n) is 11.4. The standard InChI is InChI=1S/C23H29N7O3S/c1-3-24-15-32-13-19-10-16(14-34-19)26-23-27-20-4-7-30(17-11-25-29(2)12-17)21(20)22(28-23)33-18-5-8-31-9-6-18/h4,7,10-12,14,18,24H,3,5-6,8-9,13,15H2,1-2H3,(H,26,27,28). The van der Waals surface area contributed by atoms with Crippen LogP contribution < -0.4 is 15.4 Å². The van der Waals surface area contributed by atoms with E-state index in [1.165, 1.54) is 0 Å². The summed E-state index contributed by atoms with van der Waals surface area (Å²) in [5.74, 6) is 1.05. The second kappa shape index (κ2) is 10.5. The maximum atomic E-state index is 6.41. The highest BCUT2D eigenvalue weighted by Crippen LogP contribution is 2.31. The second-order valence-electron chi connectivity index (χ2n) is 8.10. The Balaban J connectivity index is 1.42. The third-order valence-electron chi connectivity index (χ3n) is 5.53. The van der Waals surface area contributed by atoms with Crippen molar-refractivity contribution in [3.63, 3.8) is 0 Å². The number of nitrogens with zero attached hydrogens (tertiary/aromatic N) is 5. The predicted molar refractivity (Wildman–Crippen MR) is 131 cm³/mol. The van der Waals surface area contributed by atoms with Crippen molar-refractivity contribution in [2.24, 2.45) is 7.05 Å². The van der Waals surface area contributed by atoms with Gasteiger partial charge in [-0.15, -0.1) is 11.3 Å². The monoisotopic (exact) mass is 483 g/mol. The molecule has 0 aromatic carbocycles. The maximum absolute atomic E-state index is 6.41. The highest BCUT2D eigenvalue weighted by Gasteiger charge is 2.21. The van der Waals surface area contributed by atoms with E-state index in [-0.39, 0.29) is 6.10 Å². The van der Waals surface area contributed by atoms with Gasteiger partial charge in [0.05, 0.1) is 49.6 Å². The molecule has 0 unspecified atom stereocenters. The van der Waals surface area contributed by atoms with Crippen LogP contribution in [-0.4, -0.2) is 56.9 Å². The van der Waals surface area contributed by atoms with E-state index in [0.717, 1.165) is 46.7 Å². The Bertz CT molecular complexity index is 1230. The van der Waals surface area contributed by atoms with Crippen LogP contribution >= 0.6 is 11.3 Å². The van der Waals surface area contributed by atoms with Crippen LogP contribution in [0.4, 0.5) is 11.6 Å². The molecule has 0 radical (unpaired) electrons. The molecule has 10 nitrogen and oxygen atoms in total. The highest BCUT2D eigenvalue weighted by molar-refractivity contribution is 7.10. The summed E-state index contributed by atoms with van der Waals surface area (Å²) < 4.78 is 21.3. The Kier molecular flexibility index (Phi) is 7.05. The number of aryl methyl sites for hydroxylation is 1. The van der Waals surface area contributed by atoms with E-state index < -0.39 is 0 Å². The third-order valence-corrected chi connectivity index (χ3v) is 6.44. The van der Waals surface area contributed by atoms with Gasteiger partial charge >= 0.3 is 0 Å². The summed E-state index contributed by atoms with van der Waals surface area (Å²) in [5, 5.41) is 12.8. The molecule has 4 aromatic rings. The minimum atomic E-state index is 0.0542. The fourth-order valence-electron chi connectivity index (χ4n) is 3.83. The van der Waals surface area contributed by atoms with Gasteiger partial charge in [0.1, 0.15) is 11.6 Å². The van der Waals surface area contributed by atoms with Gasteiger partial charge in [0.15, 0.2) is 0 Å². The van der Waals surface area contributed by atoms with Gasteiger partial charge in [-0.3, -0.25) is 10.00 Å². The molecule has 0 amide bonds. The van der Waals surface area contributed by atoms with E-state index in [4.69, 9.17) is 24.2 Å². The zero-order valence-corrected chi connectivity index (χ0v) is 20.2. The van der Waals surface area contributed by atoms with Gasteiger partial charge in [-0.25, -0.2) is 4.98 Å². The topological polar surface area (TPSA) is 100 Å². The Morgan fingerprint density at radius 2 is 2.15 bits per heavy atom. The first kappa shape index (κ1) is 22.8. The Morgan fingerprint density at radius 3 is 2.94 bits per heavy atom. The van der Waals surface area contributed by atoms with Crippen molar-refractivity contribution in [1.29, 1.82) is 0 Å². The summed E-state index contributed by atoms with van der Waals surface area (Å²) >= 11 is 1.64. The lowest BCUT2D eigenvalue weighted by Gasteiger charge is -2.23. The van der Waals surface area contributed by atoms with Crippen molar-refractivity contribution in [2.75, 3.05) is 31.8 Å². The lowest BCUT2D eigenvalue weighted by atomic mass is 10.1. The molecule has 0 aliphatic carbocycles. The van der Waals surface area contributed by atoms with Gasteiger partial charge in [-0.2, -0.15) is 10.1 Å². The Labute approximate surface area is 201 Å². The first-order valence-corrected chi connectivity index (χ1v) is 12.3. The molecular formula is C23H29N7O3S. The van der Waals surface area contributed by atoms with Crippen molar-refractivity contribution in [1.82, 2.24) is 29.6 Å². The molecule has 1 aliphatic rings. The summed E-state index contributed by atoms with van der Waals surface area (Å²) in [5.41, 5.74) is 3.48. The number of fused-ring (bicyclic) bond motifs is 1. The van der Waals surface area contributed by atoms with E-state index >= 15 is 0 Å². The molecule has 1 fully saturated rings. The van der Waals surface area contributed by atoms with Gasteiger partial charge < -0.3 is 24.1 Å². The maximum Gasteiger partial charge on any atom is 0.244 e. The quantitative estimate of drug-likeness (QED) is 0.261. The van der Waals surface area contributed by atoms with Gasteiger partial charge in [-0.05, 0) is 18.7 Å². The minimum absolute atomic E-state index is 0.0542. The SMILES string of the molecule is CCNCOCc1cc(Nc2nc(OC3CCOCC3)c3c(ccn3-c3cnn(C)c3)n2)cs1. The molecule has 0 saturated carbocycles. The van der Waals surface area contributed by atoms with Crippen LogP contribution in [0, 0.1) is 0 Å². The smallest absolute Gasteiger partial charge is 0.244 e. The normalized spacial score (nSPS) is 14.6. The molecule has 4 aromatic heterocycles. The van der Waals surface area contributed by atoms with Crippen LogP contribution in [0.5, 0.6) is 5.88 Å². The predicted octanol–water partition coefficient (Wildman–Crippen LogP) is 3.60. The van der Waals surface area contributed by atoms with Gasteiger partial charge in [0.2, 0.25) is 11.8 Å². The number of thiophene rings is 1. The van der Waals surface area contributed by atoms with Crippen LogP contribution in [0.25, 0.3) is 16.7 Å². The second-order valence-corrected chi connectivity index (χ2v) is 9.09. The summed E-state index contributed by atoms with van der Waals surface area (Å²) in [6, 6.07) is 4.03. The lowest BCUT2D eigenvalue weighted by Crippen LogP contribution is -2.26. The third kappa shape index (κ3) is 5.22. The first-order chi connectivity index (χ1) is 16.7. The molecule has 2 N–H and O–H groups in total. The Hall–Kier alpha value is -2.99. The summed E-state index contributed by atoms with van der Waals surface area (Å²) in [6.07, 6.45) is 7.47. The zero-order valence-electron chi connectivity index (χ0n) is 19.4. The fraction of sp³-hybridized carbons (Fsp3) is 0.435. The van der Waals surface area contributed by atoms with E-state index in [1.54, 1.807) is 16.0 Å². The molecule has 5 heterocycles. The summed E-state index contributed by atoms with van der Waals surface area (Å²) in [6.45, 7) is 5.43. The molecule has 1 aliphatic heterocycles. The number of rotatable bonds is 10. The van der Waals surface area contributed by atoms with Crippen molar-refractivity contribution >= 4 is 34.0 Å². The average molecular weight is 484 g/mol. The Morgan fingerprint density at radius 1 is 1.26 bits per heavy atom. The van der Waals surface area contributed by atoms with Crippen LogP contribution in [0.2, 0.25) is 0 Å². The van der Waals surface area contributed by atoms with Crippen molar-refractivity contribution in [3.8, 4) is 11.6 Å². The summed E-state index contributed by atoms with van der Waals surface area (Å²) in [4.78, 5) is 10.7. The van der Waals surface area contributed by atoms with Gasteiger partial charge in [0.25, 0.3) is 0 Å². The van der Waals surface area contributed by atoms with Crippen LogP contribution in [0.15, 0.2) is 36.1 Å². The van der Waals surface area contributed by atoms with E-state index in [0.29, 0.717) is 38.4 Å². The molecular weight excluding hydrogens is 454 g/mol. The van der Waals surface area contributed by atoms with Crippen molar-refractivity contribution in [3.05, 3.63) is 41.0 Å². The number of hydrogen-bond donors (Lipinski definition) is 2. The number of hydrogen-bond acceptors (Lipinski definition) is 9. The average Bonchev–Trinajstić information content (AvgIpc) is 3.57. The molecule has 180 valence electrons. The zero-order chi connectivity index (χ0) is 23.3. The number of anilines is 2. The molecule has 1 saturated heterocycles. The molecule has 11 heteroatoms. The van der Waals surface area contributed by atoms with E-state index in [9.17, 15) is 0 Å². The van der Waals surface area contributed by atoms with Crippen LogP contribution in [0.1, 0.15) is 24.6 Å². The van der Waals surface area contributed by atoms with Gasteiger partial charge in [0, 0.05) is 42.5 Å². The molecule has 0 atom stereocenters. The van der Waals surface area contributed by atoms with Crippen molar-refractivity contribution < 1.29 is 14.2 Å². The fourth-order valence-corrected chi connectivity index (χ4v) is 4.58. The number of aromatic nitrogens is 5. The number of nitrogens with one attached hydrogen (secondary N) is 2. The largest absolute Gasteiger partial charge is 0.473 e. The molecule has 0 bridgehead atoms. The van der Waals surface area contributed by atoms with E-state index in [2.05, 4.69) is 28.7 Å². The summed E-state index contributed by atoms with van der Waals surface area (Å²) in [7, 11) is 1.90. The van der Waals surface area contributed by atoms with E-state index in [1.807, 2.05) is 41.7 Å². The van der Waals surface area contributed by atoms with Crippen LogP contribution in [0.3, 0.4) is 0 Å². The van der Waals surface area contributed by atoms with Crippen LogP contribution in [-0.2, 0) is 23.1 Å². The molecule has 0 spiro atoms. The minimum Gasteiger partial charge on any atom is -0.473 e. The molecule has 34 heavy (non-hydrogen) atoms. The number of ether oxygens (including phenoxy) is 3. The van der Waals surface area contributed by atoms with Crippen molar-refractivity contribution in [2.45, 2.75) is 32.5 Å². The lowest BCUT2D eigenvalue weighted by molar-refractivity contribution is 0.0243. The molecule has 5 rings (SSSR count). The van der Waals surface area contributed by atoms with Gasteiger partial charge in [-0.1, -0.05) is 6.92 Å². The highest BCUT2D eigenvalue weighted by atomic mass is 32.1.